The number of pyridine rings is 1. The second kappa shape index (κ2) is 9.47. The first-order chi connectivity index (χ1) is 13.5. The van der Waals surface area contributed by atoms with Gasteiger partial charge < -0.3 is 9.64 Å². The van der Waals surface area contributed by atoms with Crippen LogP contribution in [0.1, 0.15) is 11.3 Å². The highest BCUT2D eigenvalue weighted by Gasteiger charge is 2.26. The van der Waals surface area contributed by atoms with Crippen LogP contribution in [0.25, 0.3) is 0 Å². The van der Waals surface area contributed by atoms with Crippen LogP contribution in [0.15, 0.2) is 47.5 Å². The first-order valence-corrected chi connectivity index (χ1v) is 9.24. The van der Waals surface area contributed by atoms with Crippen molar-refractivity contribution in [2.75, 3.05) is 13.2 Å². The molecule has 0 saturated carbocycles. The number of imide groups is 1. The molecule has 3 amide bonds. The van der Waals surface area contributed by atoms with Crippen molar-refractivity contribution in [1.29, 1.82) is 0 Å². The number of ether oxygens (including phenoxy) is 1. The van der Waals surface area contributed by atoms with E-state index in [1.165, 1.54) is 16.8 Å². The molecule has 1 aromatic carbocycles. The van der Waals surface area contributed by atoms with Crippen LogP contribution in [0.4, 0.5) is 13.6 Å². The maximum absolute atomic E-state index is 12.2. The van der Waals surface area contributed by atoms with Crippen molar-refractivity contribution in [3.8, 4) is 5.75 Å². The lowest BCUT2D eigenvalue weighted by Gasteiger charge is -2.13. The second-order valence-corrected chi connectivity index (χ2v) is 6.93. The molecule has 148 valence electrons. The van der Waals surface area contributed by atoms with Gasteiger partial charge in [-0.05, 0) is 41.8 Å². The minimum Gasteiger partial charge on any atom is -0.488 e. The maximum Gasteiger partial charge on any atom is 0.324 e. The Labute approximate surface area is 164 Å². The number of nitrogens with zero attached hydrogens (tertiary/aromatic N) is 2. The number of amides is 3. The van der Waals surface area contributed by atoms with E-state index in [9.17, 15) is 18.4 Å². The van der Waals surface area contributed by atoms with E-state index in [4.69, 9.17) is 4.74 Å². The molecule has 0 radical (unpaired) electrons. The number of rotatable bonds is 9. The Kier molecular flexibility index (Phi) is 6.77. The summed E-state index contributed by atoms with van der Waals surface area (Å²) in [5, 5.41) is 2.23. The van der Waals surface area contributed by atoms with Gasteiger partial charge in [0.25, 0.3) is 6.43 Å². The van der Waals surface area contributed by atoms with Crippen molar-refractivity contribution >= 4 is 23.9 Å². The number of hydrogen-bond donors (Lipinski definition) is 2. The molecule has 1 aromatic heterocycles. The lowest BCUT2D eigenvalue weighted by molar-refractivity contribution is -0.118. The number of nitrogens with one attached hydrogen (secondary N) is 2. The molecule has 1 fully saturated rings. The molecule has 1 saturated heterocycles. The molecule has 1 aliphatic rings. The monoisotopic (exact) mass is 408 g/mol. The fourth-order valence-electron chi connectivity index (χ4n) is 2.46. The largest absolute Gasteiger partial charge is 0.488 e. The minimum atomic E-state index is -2.51. The van der Waals surface area contributed by atoms with Gasteiger partial charge in [-0.1, -0.05) is 12.1 Å². The summed E-state index contributed by atoms with van der Waals surface area (Å²) in [5.74, 6) is 0.0819. The summed E-state index contributed by atoms with van der Waals surface area (Å²) in [6.45, 7) is 0.220. The van der Waals surface area contributed by atoms with Gasteiger partial charge in [-0.15, -0.1) is 0 Å². The Bertz CT molecular complexity index is 836. The number of halogens is 2. The van der Waals surface area contributed by atoms with Gasteiger partial charge >= 0.3 is 6.03 Å². The van der Waals surface area contributed by atoms with Crippen LogP contribution in [0.5, 0.6) is 5.75 Å². The van der Waals surface area contributed by atoms with Gasteiger partial charge in [-0.25, -0.2) is 13.6 Å². The van der Waals surface area contributed by atoms with Crippen molar-refractivity contribution in [2.45, 2.75) is 24.4 Å². The van der Waals surface area contributed by atoms with Gasteiger partial charge in [0, 0.05) is 24.2 Å². The summed E-state index contributed by atoms with van der Waals surface area (Å²) in [6, 6.07) is 10.2. The molecule has 2 aromatic rings. The molecule has 28 heavy (non-hydrogen) atoms. The van der Waals surface area contributed by atoms with Crippen molar-refractivity contribution < 1.29 is 23.1 Å². The quantitative estimate of drug-likeness (QED) is 0.490. The Morgan fingerprint density at radius 2 is 2.14 bits per heavy atom. The van der Waals surface area contributed by atoms with Gasteiger partial charge in [0.15, 0.2) is 0 Å². The van der Waals surface area contributed by atoms with E-state index in [0.717, 1.165) is 16.2 Å². The Morgan fingerprint density at radius 3 is 2.82 bits per heavy atom. The van der Waals surface area contributed by atoms with Gasteiger partial charge in [0.05, 0.1) is 5.69 Å². The van der Waals surface area contributed by atoms with E-state index in [2.05, 4.69) is 15.0 Å². The van der Waals surface area contributed by atoms with E-state index in [0.29, 0.717) is 18.8 Å². The highest BCUT2D eigenvalue weighted by Crippen LogP contribution is 2.21. The van der Waals surface area contributed by atoms with Gasteiger partial charge in [0.1, 0.15) is 18.9 Å². The zero-order valence-electron chi connectivity index (χ0n) is 14.7. The Morgan fingerprint density at radius 1 is 1.29 bits per heavy atom. The molecule has 2 N–H and O–H groups in total. The third-order valence-corrected chi connectivity index (χ3v) is 4.53. The van der Waals surface area contributed by atoms with Crippen molar-refractivity contribution in [1.82, 2.24) is 19.9 Å². The average molecular weight is 408 g/mol. The standard InChI is InChI=1S/C18H18F2N4O3S/c19-16(20)11-27-14-2-1-3-15(6-14)28-22-8-13-5-4-12(7-21-13)9-24-10-17(25)23-18(24)26/h1-7,16,22H,8-11H2,(H,23,25,26). The lowest BCUT2D eigenvalue weighted by Crippen LogP contribution is -2.27. The molecule has 1 aliphatic heterocycles. The minimum absolute atomic E-state index is 0.0544. The van der Waals surface area contributed by atoms with E-state index in [1.54, 1.807) is 24.4 Å². The van der Waals surface area contributed by atoms with Gasteiger partial charge in [-0.3, -0.25) is 19.8 Å². The highest BCUT2D eigenvalue weighted by atomic mass is 32.2. The van der Waals surface area contributed by atoms with E-state index >= 15 is 0 Å². The number of alkyl halides is 2. The summed E-state index contributed by atoms with van der Waals surface area (Å²) in [6.07, 6.45) is -0.847. The number of benzene rings is 1. The summed E-state index contributed by atoms with van der Waals surface area (Å²) in [7, 11) is 0. The van der Waals surface area contributed by atoms with Crippen molar-refractivity contribution in [3.63, 3.8) is 0 Å². The Balaban J connectivity index is 1.46. The van der Waals surface area contributed by atoms with Crippen LogP contribution < -0.4 is 14.8 Å². The predicted octanol–water partition coefficient (Wildman–Crippen LogP) is 2.57. The summed E-state index contributed by atoms with van der Waals surface area (Å²) in [5.41, 5.74) is 1.62. The molecule has 2 heterocycles. The average Bonchev–Trinajstić information content (AvgIpc) is 2.99. The van der Waals surface area contributed by atoms with Crippen LogP contribution in [-0.2, 0) is 17.9 Å². The summed E-state index contributed by atoms with van der Waals surface area (Å²) < 4.78 is 32.5. The fraction of sp³-hybridized carbons (Fsp3) is 0.278. The number of hydrogen-bond acceptors (Lipinski definition) is 6. The number of carbonyl (C=O) groups is 2. The molecule has 0 unspecified atom stereocenters. The summed E-state index contributed by atoms with van der Waals surface area (Å²) in [4.78, 5) is 29.3. The second-order valence-electron chi connectivity index (χ2n) is 5.97. The molecule has 0 spiro atoms. The van der Waals surface area contributed by atoms with Crippen LogP contribution in [-0.4, -0.2) is 41.4 Å². The summed E-state index contributed by atoms with van der Waals surface area (Å²) >= 11 is 1.34. The first kappa shape index (κ1) is 20.0. The van der Waals surface area contributed by atoms with Crippen LogP contribution in [0.2, 0.25) is 0 Å². The zero-order valence-corrected chi connectivity index (χ0v) is 15.5. The van der Waals surface area contributed by atoms with E-state index in [-0.39, 0.29) is 12.5 Å². The molecule has 0 aliphatic carbocycles. The topological polar surface area (TPSA) is 83.6 Å². The lowest BCUT2D eigenvalue weighted by atomic mass is 10.2. The number of aromatic nitrogens is 1. The fourth-order valence-corrected chi connectivity index (χ4v) is 3.17. The molecule has 0 bridgehead atoms. The predicted molar refractivity (Wildman–Crippen MR) is 98.8 cm³/mol. The first-order valence-electron chi connectivity index (χ1n) is 8.43. The molecule has 7 nitrogen and oxygen atoms in total. The molecule has 10 heteroatoms. The zero-order chi connectivity index (χ0) is 19.9. The molecular formula is C18H18F2N4O3S. The SMILES string of the molecule is O=C1CN(Cc2ccc(CNSc3cccc(OCC(F)F)c3)nc2)C(=O)N1. The van der Waals surface area contributed by atoms with Gasteiger partial charge in [0.2, 0.25) is 5.91 Å². The van der Waals surface area contributed by atoms with Crippen LogP contribution >= 0.6 is 11.9 Å². The van der Waals surface area contributed by atoms with Crippen molar-refractivity contribution in [2.24, 2.45) is 0 Å². The highest BCUT2D eigenvalue weighted by molar-refractivity contribution is 7.97. The third kappa shape index (κ3) is 5.89. The molecule has 3 rings (SSSR count). The number of urea groups is 1. The smallest absolute Gasteiger partial charge is 0.324 e. The van der Waals surface area contributed by atoms with Crippen LogP contribution in [0.3, 0.4) is 0 Å². The maximum atomic E-state index is 12.2. The normalized spacial score (nSPS) is 13.9. The van der Waals surface area contributed by atoms with Crippen molar-refractivity contribution in [3.05, 3.63) is 53.9 Å². The third-order valence-electron chi connectivity index (χ3n) is 3.75. The number of carbonyl (C=O) groups excluding carboxylic acids is 2. The van der Waals surface area contributed by atoms with Crippen LogP contribution in [0, 0.1) is 0 Å². The van der Waals surface area contributed by atoms with Gasteiger partial charge in [-0.2, -0.15) is 0 Å². The Hall–Kier alpha value is -2.72. The van der Waals surface area contributed by atoms with E-state index < -0.39 is 19.1 Å². The van der Waals surface area contributed by atoms with E-state index in [1.807, 2.05) is 18.2 Å². The molecule has 0 atom stereocenters. The molecular weight excluding hydrogens is 390 g/mol.